The first kappa shape index (κ1) is 19.9. The summed E-state index contributed by atoms with van der Waals surface area (Å²) in [7, 11) is 0. The number of fused-ring (bicyclic) bond motifs is 2. The monoisotopic (exact) mass is 402 g/mol. The number of carbonyl (C=O) groups is 1. The van der Waals surface area contributed by atoms with E-state index in [-0.39, 0.29) is 5.56 Å². The van der Waals surface area contributed by atoms with Gasteiger partial charge in [0.15, 0.2) is 5.65 Å². The SMILES string of the molecule is CCC(CC)COC(=O)c1c(N)n(-c2ccc(C)cc2)c2nc3ccccc3nc12. The number of carbonyl (C=O) groups excluding carboxylic acids is 1. The zero-order valence-corrected chi connectivity index (χ0v) is 17.6. The molecule has 0 aliphatic carbocycles. The van der Waals surface area contributed by atoms with Gasteiger partial charge in [0.25, 0.3) is 0 Å². The third-order valence-electron chi connectivity index (χ3n) is 5.60. The van der Waals surface area contributed by atoms with Gasteiger partial charge in [-0.2, -0.15) is 0 Å². The molecular weight excluding hydrogens is 376 g/mol. The molecule has 0 saturated heterocycles. The van der Waals surface area contributed by atoms with Crippen molar-refractivity contribution < 1.29 is 9.53 Å². The summed E-state index contributed by atoms with van der Waals surface area (Å²) in [5, 5.41) is 0. The highest BCUT2D eigenvalue weighted by molar-refractivity contribution is 6.09. The Bertz CT molecular complexity index is 1210. The number of hydrogen-bond acceptors (Lipinski definition) is 5. The zero-order valence-electron chi connectivity index (χ0n) is 17.6. The summed E-state index contributed by atoms with van der Waals surface area (Å²) in [5.41, 5.74) is 11.2. The van der Waals surface area contributed by atoms with Gasteiger partial charge in [0.1, 0.15) is 16.9 Å². The van der Waals surface area contributed by atoms with Crippen LogP contribution in [-0.2, 0) is 4.74 Å². The standard InChI is InChI=1S/C24H26N4O2/c1-4-16(5-2)14-30-24(29)20-21-23(27-19-9-7-6-8-18(19)26-21)28(22(20)25)17-12-10-15(3)11-13-17/h6-13,16H,4-5,14,25H2,1-3H3. The number of para-hydroxylation sites is 2. The number of benzene rings is 2. The molecule has 6 heteroatoms. The molecule has 2 heterocycles. The molecule has 30 heavy (non-hydrogen) atoms. The van der Waals surface area contributed by atoms with E-state index in [1.807, 2.05) is 55.5 Å². The van der Waals surface area contributed by atoms with Crippen molar-refractivity contribution in [2.24, 2.45) is 5.92 Å². The average molecular weight is 402 g/mol. The zero-order chi connectivity index (χ0) is 21.3. The fourth-order valence-corrected chi connectivity index (χ4v) is 3.61. The van der Waals surface area contributed by atoms with Crippen molar-refractivity contribution in [1.29, 1.82) is 0 Å². The third kappa shape index (κ3) is 3.49. The number of nitrogen functional groups attached to an aromatic ring is 1. The van der Waals surface area contributed by atoms with Gasteiger partial charge in [-0.3, -0.25) is 4.57 Å². The molecule has 0 bridgehead atoms. The first-order valence-corrected chi connectivity index (χ1v) is 10.3. The molecule has 4 rings (SSSR count). The second kappa shape index (κ2) is 8.14. The van der Waals surface area contributed by atoms with Crippen molar-refractivity contribution in [2.75, 3.05) is 12.3 Å². The molecule has 0 atom stereocenters. The number of esters is 1. The maximum atomic E-state index is 13.1. The highest BCUT2D eigenvalue weighted by Gasteiger charge is 2.26. The van der Waals surface area contributed by atoms with Crippen LogP contribution < -0.4 is 5.73 Å². The van der Waals surface area contributed by atoms with Crippen LogP contribution in [-0.4, -0.2) is 27.1 Å². The van der Waals surface area contributed by atoms with Crippen LogP contribution in [0.3, 0.4) is 0 Å². The van der Waals surface area contributed by atoms with Gasteiger partial charge < -0.3 is 10.5 Å². The van der Waals surface area contributed by atoms with Crippen LogP contribution in [0.5, 0.6) is 0 Å². The van der Waals surface area contributed by atoms with E-state index in [1.165, 1.54) is 0 Å². The van der Waals surface area contributed by atoms with Gasteiger partial charge in [0, 0.05) is 5.69 Å². The molecule has 2 N–H and O–H groups in total. The molecular formula is C24H26N4O2. The first-order chi connectivity index (χ1) is 14.5. The van der Waals surface area contributed by atoms with E-state index in [2.05, 4.69) is 13.8 Å². The summed E-state index contributed by atoms with van der Waals surface area (Å²) in [4.78, 5) is 22.6. The quantitative estimate of drug-likeness (QED) is 0.456. The van der Waals surface area contributed by atoms with Crippen molar-refractivity contribution in [3.8, 4) is 5.69 Å². The van der Waals surface area contributed by atoms with Crippen LogP contribution >= 0.6 is 0 Å². The van der Waals surface area contributed by atoms with Crippen molar-refractivity contribution >= 4 is 34.0 Å². The van der Waals surface area contributed by atoms with Crippen molar-refractivity contribution in [3.05, 3.63) is 59.7 Å². The van der Waals surface area contributed by atoms with Gasteiger partial charge in [-0.15, -0.1) is 0 Å². The molecule has 2 aromatic carbocycles. The van der Waals surface area contributed by atoms with Gasteiger partial charge in [-0.05, 0) is 37.1 Å². The topological polar surface area (TPSA) is 83.0 Å². The van der Waals surface area contributed by atoms with E-state index in [4.69, 9.17) is 20.4 Å². The smallest absolute Gasteiger partial charge is 0.344 e. The highest BCUT2D eigenvalue weighted by atomic mass is 16.5. The maximum absolute atomic E-state index is 13.1. The molecule has 2 aromatic heterocycles. The lowest BCUT2D eigenvalue weighted by molar-refractivity contribution is 0.0436. The lowest BCUT2D eigenvalue weighted by Gasteiger charge is -2.12. The minimum atomic E-state index is -0.458. The summed E-state index contributed by atoms with van der Waals surface area (Å²) in [6, 6.07) is 15.5. The van der Waals surface area contributed by atoms with Crippen LogP contribution in [0, 0.1) is 12.8 Å². The van der Waals surface area contributed by atoms with Crippen LogP contribution in [0.1, 0.15) is 42.6 Å². The molecule has 0 aliphatic rings. The lowest BCUT2D eigenvalue weighted by atomic mass is 10.1. The number of anilines is 1. The summed E-state index contributed by atoms with van der Waals surface area (Å²) >= 11 is 0. The fraction of sp³-hybridized carbons (Fsp3) is 0.292. The Morgan fingerprint density at radius 2 is 1.67 bits per heavy atom. The summed E-state index contributed by atoms with van der Waals surface area (Å²) in [5.74, 6) is 0.158. The summed E-state index contributed by atoms with van der Waals surface area (Å²) < 4.78 is 7.42. The van der Waals surface area contributed by atoms with Gasteiger partial charge >= 0.3 is 5.97 Å². The molecule has 154 valence electrons. The van der Waals surface area contributed by atoms with E-state index in [1.54, 1.807) is 4.57 Å². The van der Waals surface area contributed by atoms with E-state index in [0.717, 1.165) is 29.6 Å². The molecule has 0 unspecified atom stereocenters. The van der Waals surface area contributed by atoms with Crippen molar-refractivity contribution in [1.82, 2.24) is 14.5 Å². The molecule has 0 radical (unpaired) electrons. The van der Waals surface area contributed by atoms with E-state index in [9.17, 15) is 4.79 Å². The minimum Gasteiger partial charge on any atom is -0.462 e. The summed E-state index contributed by atoms with van der Waals surface area (Å²) in [6.07, 6.45) is 1.91. The fourth-order valence-electron chi connectivity index (χ4n) is 3.61. The number of aryl methyl sites for hydroxylation is 1. The van der Waals surface area contributed by atoms with Crippen LogP contribution in [0.4, 0.5) is 5.82 Å². The molecule has 0 aliphatic heterocycles. The predicted molar refractivity (Wildman–Crippen MR) is 120 cm³/mol. The normalized spacial score (nSPS) is 11.5. The number of ether oxygens (including phenoxy) is 1. The van der Waals surface area contributed by atoms with E-state index < -0.39 is 5.97 Å². The van der Waals surface area contributed by atoms with Crippen molar-refractivity contribution in [3.63, 3.8) is 0 Å². The van der Waals surface area contributed by atoms with Crippen LogP contribution in [0.2, 0.25) is 0 Å². The first-order valence-electron chi connectivity index (χ1n) is 10.3. The van der Waals surface area contributed by atoms with Crippen LogP contribution in [0.25, 0.3) is 27.9 Å². The molecule has 0 saturated carbocycles. The van der Waals surface area contributed by atoms with Gasteiger partial charge in [-0.1, -0.05) is 56.5 Å². The largest absolute Gasteiger partial charge is 0.462 e. The molecule has 4 aromatic rings. The van der Waals surface area contributed by atoms with Gasteiger partial charge in [0.05, 0.1) is 17.6 Å². The predicted octanol–water partition coefficient (Wildman–Crippen LogP) is 5.06. The second-order valence-corrected chi connectivity index (χ2v) is 7.60. The Kier molecular flexibility index (Phi) is 5.40. The number of hydrogen-bond donors (Lipinski definition) is 1. The third-order valence-corrected chi connectivity index (χ3v) is 5.60. The van der Waals surface area contributed by atoms with E-state index in [0.29, 0.717) is 35.0 Å². The van der Waals surface area contributed by atoms with Gasteiger partial charge in [-0.25, -0.2) is 14.8 Å². The van der Waals surface area contributed by atoms with Crippen LogP contribution in [0.15, 0.2) is 48.5 Å². The second-order valence-electron chi connectivity index (χ2n) is 7.60. The van der Waals surface area contributed by atoms with Crippen molar-refractivity contribution in [2.45, 2.75) is 33.6 Å². The maximum Gasteiger partial charge on any atom is 0.344 e. The molecule has 6 nitrogen and oxygen atoms in total. The molecule has 0 amide bonds. The Morgan fingerprint density at radius 3 is 2.30 bits per heavy atom. The molecule has 0 fully saturated rings. The van der Waals surface area contributed by atoms with Gasteiger partial charge in [0.2, 0.25) is 0 Å². The lowest BCUT2D eigenvalue weighted by Crippen LogP contribution is -2.15. The number of nitrogens with two attached hydrogens (primary N) is 1. The summed E-state index contributed by atoms with van der Waals surface area (Å²) in [6.45, 7) is 6.58. The highest BCUT2D eigenvalue weighted by Crippen LogP contribution is 2.31. The Hall–Kier alpha value is -3.41. The number of rotatable bonds is 6. The Balaban J connectivity index is 1.90. The Labute approximate surface area is 175 Å². The van der Waals surface area contributed by atoms with E-state index >= 15 is 0 Å². The minimum absolute atomic E-state index is 0.273. The molecule has 0 spiro atoms. The number of aromatic nitrogens is 3. The Morgan fingerprint density at radius 1 is 1.03 bits per heavy atom. The average Bonchev–Trinajstić information content (AvgIpc) is 3.04. The number of nitrogens with zero attached hydrogens (tertiary/aromatic N) is 3.